The summed E-state index contributed by atoms with van der Waals surface area (Å²) < 4.78 is 2.06. The Morgan fingerprint density at radius 3 is 2.80 bits per heavy atom. The van der Waals surface area contributed by atoms with Gasteiger partial charge in [0.25, 0.3) is 5.91 Å². The Balaban J connectivity index is 1.83. The summed E-state index contributed by atoms with van der Waals surface area (Å²) in [4.78, 5) is 25.7. The van der Waals surface area contributed by atoms with Crippen LogP contribution >= 0.6 is 0 Å². The van der Waals surface area contributed by atoms with Crippen molar-refractivity contribution in [2.45, 2.75) is 33.2 Å². The summed E-state index contributed by atoms with van der Waals surface area (Å²) >= 11 is 0. The molecule has 4 heteroatoms. The van der Waals surface area contributed by atoms with Crippen LogP contribution in [0.15, 0.2) is 47.4 Å². The topological polar surface area (TPSA) is 51.1 Å². The largest absolute Gasteiger partial charge is 0.343 e. The summed E-state index contributed by atoms with van der Waals surface area (Å²) in [5, 5.41) is 3.52. The molecule has 4 rings (SSSR count). The first-order valence-corrected chi connectivity index (χ1v) is 8.51. The molecule has 126 valence electrons. The SMILES string of the molecule is Cc1ccc(C)c(NC(=O)c2cn3c4c(cccc4c2=O)C[C@@H]3C)c1. The third kappa shape index (κ3) is 2.45. The number of anilines is 1. The van der Waals surface area contributed by atoms with Gasteiger partial charge in [0.1, 0.15) is 5.56 Å². The zero-order valence-electron chi connectivity index (χ0n) is 14.6. The smallest absolute Gasteiger partial charge is 0.261 e. The van der Waals surface area contributed by atoms with E-state index in [2.05, 4.69) is 22.9 Å². The maximum atomic E-state index is 12.9. The molecule has 0 saturated carbocycles. The quantitative estimate of drug-likeness (QED) is 0.771. The number of amides is 1. The highest BCUT2D eigenvalue weighted by Gasteiger charge is 2.24. The lowest BCUT2D eigenvalue weighted by Gasteiger charge is -2.13. The molecule has 4 nitrogen and oxygen atoms in total. The van der Waals surface area contributed by atoms with Gasteiger partial charge in [0, 0.05) is 23.3 Å². The van der Waals surface area contributed by atoms with Gasteiger partial charge in [-0.15, -0.1) is 0 Å². The Bertz CT molecular complexity index is 1080. The van der Waals surface area contributed by atoms with Crippen LogP contribution < -0.4 is 10.7 Å². The van der Waals surface area contributed by atoms with E-state index in [4.69, 9.17) is 0 Å². The second kappa shape index (κ2) is 5.59. The molecule has 0 bridgehead atoms. The first-order valence-electron chi connectivity index (χ1n) is 8.51. The van der Waals surface area contributed by atoms with E-state index in [0.29, 0.717) is 5.39 Å². The van der Waals surface area contributed by atoms with Crippen molar-refractivity contribution >= 4 is 22.5 Å². The van der Waals surface area contributed by atoms with Crippen LogP contribution in [0, 0.1) is 13.8 Å². The number of hydrogen-bond donors (Lipinski definition) is 1. The third-order valence-corrected chi connectivity index (χ3v) is 5.01. The number of nitrogens with zero attached hydrogens (tertiary/aromatic N) is 1. The average Bonchev–Trinajstić information content (AvgIpc) is 2.90. The van der Waals surface area contributed by atoms with Crippen molar-refractivity contribution in [3.63, 3.8) is 0 Å². The van der Waals surface area contributed by atoms with Crippen molar-refractivity contribution in [3.8, 4) is 0 Å². The number of pyridine rings is 1. The minimum atomic E-state index is -0.353. The van der Waals surface area contributed by atoms with Crippen LogP contribution in [-0.4, -0.2) is 10.5 Å². The lowest BCUT2D eigenvalue weighted by atomic mass is 10.1. The van der Waals surface area contributed by atoms with E-state index in [9.17, 15) is 9.59 Å². The molecule has 0 aliphatic carbocycles. The first-order chi connectivity index (χ1) is 12.0. The van der Waals surface area contributed by atoms with Crippen molar-refractivity contribution in [1.29, 1.82) is 0 Å². The van der Waals surface area contributed by atoms with Gasteiger partial charge in [-0.1, -0.05) is 24.3 Å². The maximum Gasteiger partial charge on any atom is 0.261 e. The molecule has 1 aliphatic rings. The second-order valence-corrected chi connectivity index (χ2v) is 6.92. The molecule has 3 aromatic rings. The minimum absolute atomic E-state index is 0.194. The van der Waals surface area contributed by atoms with E-state index < -0.39 is 0 Å². The standard InChI is InChI=1S/C21H20N2O2/c1-12-7-8-13(2)18(9-12)22-21(25)17-11-23-14(3)10-15-5-4-6-16(19(15)23)20(17)24/h4-9,11,14H,10H2,1-3H3,(H,22,25)/t14-/m0/s1. The summed E-state index contributed by atoms with van der Waals surface area (Å²) in [7, 11) is 0. The van der Waals surface area contributed by atoms with Gasteiger partial charge in [0.05, 0.1) is 5.52 Å². The van der Waals surface area contributed by atoms with Crippen molar-refractivity contribution in [3.05, 3.63) is 75.1 Å². The molecule has 0 saturated heterocycles. The Morgan fingerprint density at radius 1 is 1.20 bits per heavy atom. The summed E-state index contributed by atoms with van der Waals surface area (Å²) in [6.45, 7) is 6.02. The molecular formula is C21H20N2O2. The molecule has 1 aromatic heterocycles. The molecule has 25 heavy (non-hydrogen) atoms. The molecule has 2 heterocycles. The molecule has 1 atom stereocenters. The number of para-hydroxylation sites is 1. The van der Waals surface area contributed by atoms with E-state index >= 15 is 0 Å². The van der Waals surface area contributed by atoms with E-state index in [-0.39, 0.29) is 22.9 Å². The highest BCUT2D eigenvalue weighted by Crippen LogP contribution is 2.31. The molecule has 0 fully saturated rings. The average molecular weight is 332 g/mol. The van der Waals surface area contributed by atoms with Gasteiger partial charge in [0.15, 0.2) is 0 Å². The van der Waals surface area contributed by atoms with Gasteiger partial charge < -0.3 is 9.88 Å². The van der Waals surface area contributed by atoms with Crippen LogP contribution in [0.25, 0.3) is 10.9 Å². The Hall–Kier alpha value is -2.88. The van der Waals surface area contributed by atoms with Crippen molar-refractivity contribution in [2.24, 2.45) is 0 Å². The maximum absolute atomic E-state index is 12.9. The van der Waals surface area contributed by atoms with E-state index in [1.807, 2.05) is 44.2 Å². The molecule has 1 amide bonds. The summed E-state index contributed by atoms with van der Waals surface area (Å²) in [6.07, 6.45) is 2.60. The normalized spacial score (nSPS) is 15.6. The number of hydrogen-bond acceptors (Lipinski definition) is 2. The molecule has 0 unspecified atom stereocenters. The van der Waals surface area contributed by atoms with Crippen LogP contribution in [0.1, 0.15) is 40.0 Å². The lowest BCUT2D eigenvalue weighted by molar-refractivity contribution is 0.102. The number of rotatable bonds is 2. The van der Waals surface area contributed by atoms with Gasteiger partial charge in [0.2, 0.25) is 5.43 Å². The van der Waals surface area contributed by atoms with Crippen molar-refractivity contribution in [1.82, 2.24) is 4.57 Å². The van der Waals surface area contributed by atoms with Crippen molar-refractivity contribution in [2.75, 3.05) is 5.32 Å². The minimum Gasteiger partial charge on any atom is -0.343 e. The van der Waals surface area contributed by atoms with E-state index in [0.717, 1.165) is 28.8 Å². The predicted molar refractivity (Wildman–Crippen MR) is 100 cm³/mol. The number of carbonyl (C=O) groups excluding carboxylic acids is 1. The summed E-state index contributed by atoms with van der Waals surface area (Å²) in [6, 6.07) is 11.9. The van der Waals surface area contributed by atoms with Crippen molar-refractivity contribution < 1.29 is 4.79 Å². The number of carbonyl (C=O) groups is 1. The summed E-state index contributed by atoms with van der Waals surface area (Å²) in [5.41, 5.74) is 4.90. The molecule has 0 radical (unpaired) electrons. The number of aromatic nitrogens is 1. The lowest BCUT2D eigenvalue weighted by Crippen LogP contribution is -2.24. The fourth-order valence-electron chi connectivity index (χ4n) is 3.64. The molecular weight excluding hydrogens is 312 g/mol. The predicted octanol–water partition coefficient (Wildman–Crippen LogP) is 3.99. The first kappa shape index (κ1) is 15.6. The van der Waals surface area contributed by atoms with Gasteiger partial charge in [-0.3, -0.25) is 9.59 Å². The van der Waals surface area contributed by atoms with Crippen LogP contribution in [0.3, 0.4) is 0 Å². The van der Waals surface area contributed by atoms with Gasteiger partial charge >= 0.3 is 0 Å². The van der Waals surface area contributed by atoms with Gasteiger partial charge in [-0.05, 0) is 56.0 Å². The van der Waals surface area contributed by atoms with Crippen LogP contribution in [0.5, 0.6) is 0 Å². The number of nitrogens with one attached hydrogen (secondary N) is 1. The van der Waals surface area contributed by atoms with E-state index in [1.165, 1.54) is 5.56 Å². The van der Waals surface area contributed by atoms with Gasteiger partial charge in [-0.2, -0.15) is 0 Å². The zero-order valence-corrected chi connectivity index (χ0v) is 14.6. The molecule has 0 spiro atoms. The Morgan fingerprint density at radius 2 is 2.00 bits per heavy atom. The second-order valence-electron chi connectivity index (χ2n) is 6.92. The monoisotopic (exact) mass is 332 g/mol. The molecule has 1 N–H and O–H groups in total. The van der Waals surface area contributed by atoms with Crippen LogP contribution in [0.4, 0.5) is 5.69 Å². The van der Waals surface area contributed by atoms with Crippen LogP contribution in [-0.2, 0) is 6.42 Å². The van der Waals surface area contributed by atoms with E-state index in [1.54, 1.807) is 6.20 Å². The Kier molecular flexibility index (Phi) is 3.49. The third-order valence-electron chi connectivity index (χ3n) is 5.01. The number of benzene rings is 2. The van der Waals surface area contributed by atoms with Gasteiger partial charge in [-0.25, -0.2) is 0 Å². The fourth-order valence-corrected chi connectivity index (χ4v) is 3.64. The number of aryl methyl sites for hydroxylation is 2. The summed E-state index contributed by atoms with van der Waals surface area (Å²) in [5.74, 6) is -0.353. The highest BCUT2D eigenvalue weighted by molar-refractivity contribution is 6.06. The fraction of sp³-hybridized carbons (Fsp3) is 0.238. The molecule has 1 aliphatic heterocycles. The Labute approximate surface area is 146 Å². The molecule has 2 aromatic carbocycles. The highest BCUT2D eigenvalue weighted by atomic mass is 16.2. The van der Waals surface area contributed by atoms with Crippen LogP contribution in [0.2, 0.25) is 0 Å². The zero-order chi connectivity index (χ0) is 17.7.